The molecule has 0 amide bonds. The maximum atomic E-state index is 8.15. The molecule has 0 heterocycles. The topological polar surface area (TPSA) is 23.8 Å². The second-order valence-corrected chi connectivity index (χ2v) is 1.97. The number of nitriles is 1. The summed E-state index contributed by atoms with van der Waals surface area (Å²) in [6.45, 7) is 2.02. The quantitative estimate of drug-likeness (QED) is 0.416. The zero-order valence-electron chi connectivity index (χ0n) is 5.93. The van der Waals surface area contributed by atoms with Crippen molar-refractivity contribution in [2.24, 2.45) is 0 Å². The highest BCUT2D eigenvalue weighted by molar-refractivity contribution is 4.77. The van der Waals surface area contributed by atoms with Crippen molar-refractivity contribution < 1.29 is 0 Å². The van der Waals surface area contributed by atoms with E-state index in [2.05, 4.69) is 12.1 Å². The molecule has 0 fully saturated rings. The molecule has 0 saturated heterocycles. The molecule has 0 aliphatic rings. The van der Waals surface area contributed by atoms with Crippen molar-refractivity contribution in [3.63, 3.8) is 0 Å². The third-order valence-corrected chi connectivity index (χ3v) is 1.15. The molecule has 0 aliphatic carbocycles. The molecule has 0 spiro atoms. The van der Waals surface area contributed by atoms with E-state index in [4.69, 9.17) is 5.26 Å². The maximum Gasteiger partial charge on any atom is 0.0621 e. The second kappa shape index (κ2) is 7.23. The first kappa shape index (κ1) is 8.23. The number of hydrogen-bond donors (Lipinski definition) is 0. The van der Waals surface area contributed by atoms with E-state index in [0.29, 0.717) is 6.42 Å². The van der Waals surface area contributed by atoms with Crippen molar-refractivity contribution in [3.05, 3.63) is 12.2 Å². The van der Waals surface area contributed by atoms with Gasteiger partial charge in [-0.05, 0) is 26.2 Å². The molecule has 0 unspecified atom stereocenters. The first-order valence-corrected chi connectivity index (χ1v) is 3.40. The van der Waals surface area contributed by atoms with Gasteiger partial charge in [0.1, 0.15) is 0 Å². The molecular weight excluding hydrogens is 110 g/mol. The highest BCUT2D eigenvalue weighted by atomic mass is 14.2. The zero-order chi connectivity index (χ0) is 6.95. The van der Waals surface area contributed by atoms with Gasteiger partial charge in [-0.2, -0.15) is 5.26 Å². The summed E-state index contributed by atoms with van der Waals surface area (Å²) in [5.41, 5.74) is 0. The molecule has 0 rings (SSSR count). The van der Waals surface area contributed by atoms with Crippen molar-refractivity contribution in [2.45, 2.75) is 32.6 Å². The molecule has 9 heavy (non-hydrogen) atoms. The van der Waals surface area contributed by atoms with Gasteiger partial charge in [-0.1, -0.05) is 12.2 Å². The van der Waals surface area contributed by atoms with Crippen LogP contribution in [0.25, 0.3) is 0 Å². The zero-order valence-corrected chi connectivity index (χ0v) is 5.93. The number of nitrogens with zero attached hydrogens (tertiary/aromatic N) is 1. The Morgan fingerprint density at radius 1 is 1.44 bits per heavy atom. The van der Waals surface area contributed by atoms with E-state index in [-0.39, 0.29) is 0 Å². The first-order chi connectivity index (χ1) is 4.41. The Morgan fingerprint density at radius 3 is 2.78 bits per heavy atom. The average Bonchev–Trinajstić information content (AvgIpc) is 1.89. The SMILES string of the molecule is C/C=C/CCCCC#N. The Labute approximate surface area is 57.0 Å². The van der Waals surface area contributed by atoms with E-state index < -0.39 is 0 Å². The smallest absolute Gasteiger partial charge is 0.0621 e. The van der Waals surface area contributed by atoms with Gasteiger partial charge in [0, 0.05) is 6.42 Å². The summed E-state index contributed by atoms with van der Waals surface area (Å²) >= 11 is 0. The molecule has 0 aromatic rings. The number of unbranched alkanes of at least 4 members (excludes halogenated alkanes) is 3. The van der Waals surface area contributed by atoms with Gasteiger partial charge in [-0.15, -0.1) is 0 Å². The van der Waals surface area contributed by atoms with Crippen molar-refractivity contribution >= 4 is 0 Å². The van der Waals surface area contributed by atoms with Crippen molar-refractivity contribution in [3.8, 4) is 6.07 Å². The van der Waals surface area contributed by atoms with Gasteiger partial charge in [-0.3, -0.25) is 0 Å². The van der Waals surface area contributed by atoms with E-state index in [1.165, 1.54) is 0 Å². The third-order valence-electron chi connectivity index (χ3n) is 1.15. The molecule has 0 aromatic heterocycles. The van der Waals surface area contributed by atoms with Crippen molar-refractivity contribution in [1.29, 1.82) is 5.26 Å². The van der Waals surface area contributed by atoms with Gasteiger partial charge >= 0.3 is 0 Å². The van der Waals surface area contributed by atoms with Crippen LogP contribution in [-0.4, -0.2) is 0 Å². The fraction of sp³-hybridized carbons (Fsp3) is 0.625. The van der Waals surface area contributed by atoms with Crippen molar-refractivity contribution in [1.82, 2.24) is 0 Å². The monoisotopic (exact) mass is 123 g/mol. The van der Waals surface area contributed by atoms with E-state index >= 15 is 0 Å². The second-order valence-electron chi connectivity index (χ2n) is 1.97. The molecule has 0 radical (unpaired) electrons. The number of rotatable bonds is 4. The molecule has 0 aliphatic heterocycles. The van der Waals surface area contributed by atoms with Crippen LogP contribution in [-0.2, 0) is 0 Å². The molecule has 0 N–H and O–H groups in total. The minimum Gasteiger partial charge on any atom is -0.198 e. The van der Waals surface area contributed by atoms with Gasteiger partial charge in [0.25, 0.3) is 0 Å². The summed E-state index contributed by atoms with van der Waals surface area (Å²) in [6, 6.07) is 2.12. The molecule has 0 aromatic carbocycles. The first-order valence-electron chi connectivity index (χ1n) is 3.40. The lowest BCUT2D eigenvalue weighted by atomic mass is 10.2. The summed E-state index contributed by atoms with van der Waals surface area (Å²) < 4.78 is 0. The van der Waals surface area contributed by atoms with E-state index in [1.807, 2.05) is 13.0 Å². The minimum absolute atomic E-state index is 0.706. The van der Waals surface area contributed by atoms with Crippen molar-refractivity contribution in [2.75, 3.05) is 0 Å². The lowest BCUT2D eigenvalue weighted by Crippen LogP contribution is -1.70. The van der Waals surface area contributed by atoms with Crippen LogP contribution >= 0.6 is 0 Å². The summed E-state index contributed by atoms with van der Waals surface area (Å²) in [5, 5.41) is 8.15. The molecule has 50 valence electrons. The van der Waals surface area contributed by atoms with Gasteiger partial charge in [0.15, 0.2) is 0 Å². The maximum absolute atomic E-state index is 8.15. The summed E-state index contributed by atoms with van der Waals surface area (Å²) in [7, 11) is 0. The largest absolute Gasteiger partial charge is 0.198 e. The molecule has 1 heteroatoms. The van der Waals surface area contributed by atoms with Gasteiger partial charge < -0.3 is 0 Å². The number of hydrogen-bond acceptors (Lipinski definition) is 1. The summed E-state index contributed by atoms with van der Waals surface area (Å²) in [5.74, 6) is 0. The van der Waals surface area contributed by atoms with E-state index in [0.717, 1.165) is 19.3 Å². The Kier molecular flexibility index (Phi) is 6.61. The molecule has 0 saturated carbocycles. The van der Waals surface area contributed by atoms with Crippen LogP contribution in [0.2, 0.25) is 0 Å². The Morgan fingerprint density at radius 2 is 2.22 bits per heavy atom. The van der Waals surface area contributed by atoms with Crippen LogP contribution in [0.1, 0.15) is 32.6 Å². The fourth-order valence-corrected chi connectivity index (χ4v) is 0.633. The normalized spacial score (nSPS) is 9.78. The minimum atomic E-state index is 0.706. The molecule has 0 atom stereocenters. The van der Waals surface area contributed by atoms with Gasteiger partial charge in [0.05, 0.1) is 6.07 Å². The summed E-state index contributed by atoms with van der Waals surface area (Å²) in [4.78, 5) is 0. The lowest BCUT2D eigenvalue weighted by Gasteiger charge is -1.87. The fourth-order valence-electron chi connectivity index (χ4n) is 0.633. The Bertz CT molecular complexity index is 108. The van der Waals surface area contributed by atoms with Crippen LogP contribution in [0.4, 0.5) is 0 Å². The van der Waals surface area contributed by atoms with Gasteiger partial charge in [0.2, 0.25) is 0 Å². The molecule has 0 bridgehead atoms. The standard InChI is InChI=1S/C8H13N/c1-2-3-4-5-6-7-8-9/h2-3H,4-7H2,1H3/b3-2+. The Hall–Kier alpha value is -0.770. The van der Waals surface area contributed by atoms with Crippen LogP contribution in [0.3, 0.4) is 0 Å². The van der Waals surface area contributed by atoms with Crippen LogP contribution in [0.5, 0.6) is 0 Å². The average molecular weight is 123 g/mol. The van der Waals surface area contributed by atoms with Gasteiger partial charge in [-0.25, -0.2) is 0 Å². The lowest BCUT2D eigenvalue weighted by molar-refractivity contribution is 0.767. The van der Waals surface area contributed by atoms with Crippen LogP contribution < -0.4 is 0 Å². The predicted molar refractivity (Wildman–Crippen MR) is 38.9 cm³/mol. The number of allylic oxidation sites excluding steroid dienone is 2. The van der Waals surface area contributed by atoms with E-state index in [1.54, 1.807) is 0 Å². The van der Waals surface area contributed by atoms with Crippen LogP contribution in [0, 0.1) is 11.3 Å². The Balaban J connectivity index is 2.85. The summed E-state index contributed by atoms with van der Waals surface area (Å²) in [6.07, 6.45) is 8.21. The highest BCUT2D eigenvalue weighted by Crippen LogP contribution is 1.98. The third kappa shape index (κ3) is 7.23. The molecular formula is C8H13N. The van der Waals surface area contributed by atoms with Crippen LogP contribution in [0.15, 0.2) is 12.2 Å². The highest BCUT2D eigenvalue weighted by Gasteiger charge is 1.82. The molecule has 1 nitrogen and oxygen atoms in total. The predicted octanol–water partition coefficient (Wildman–Crippen LogP) is 2.65. The van der Waals surface area contributed by atoms with E-state index in [9.17, 15) is 0 Å².